The summed E-state index contributed by atoms with van der Waals surface area (Å²) in [4.78, 5) is 54.4. The fourth-order valence-corrected chi connectivity index (χ4v) is 15.5. The Balaban J connectivity index is 0.000000314. The van der Waals surface area contributed by atoms with Crippen LogP contribution in [0.1, 0.15) is 274 Å². The summed E-state index contributed by atoms with van der Waals surface area (Å²) >= 11 is 0. The molecule has 0 saturated carbocycles. The summed E-state index contributed by atoms with van der Waals surface area (Å²) in [6.45, 7) is 57.6. The highest BCUT2D eigenvalue weighted by atomic mass is 15.4. The average Bonchev–Trinajstić information content (AvgIpc) is 1.15. The zero-order chi connectivity index (χ0) is 64.6. The van der Waals surface area contributed by atoms with Crippen molar-refractivity contribution in [3.05, 3.63) is 0 Å². The van der Waals surface area contributed by atoms with Crippen molar-refractivity contribution >= 4 is 35.7 Å². The van der Waals surface area contributed by atoms with Crippen LogP contribution in [-0.2, 0) is 0 Å². The normalized spacial score (nSPS) is 22.5. The predicted molar refractivity (Wildman–Crippen MR) is 371 cm³/mol. The van der Waals surface area contributed by atoms with Gasteiger partial charge in [0, 0.05) is 115 Å². The van der Waals surface area contributed by atoms with Gasteiger partial charge in [-0.05, 0) is 229 Å². The lowest BCUT2D eigenvalue weighted by Gasteiger charge is -2.56. The molecule has 0 aromatic carbocycles. The molecule has 1 N–H and O–H groups in total. The first-order valence-corrected chi connectivity index (χ1v) is 34.9. The Morgan fingerprint density at radius 2 is 0.547 bits per heavy atom. The number of unbranched alkanes of at least 4 members (excludes halogenated alkanes) is 5. The Hall–Kier alpha value is -3.34. The number of hydrogen-bond donors (Lipinski definition) is 1. The van der Waals surface area contributed by atoms with E-state index >= 15 is 0 Å². The van der Waals surface area contributed by atoms with E-state index in [0.29, 0.717) is 24.2 Å². The van der Waals surface area contributed by atoms with Gasteiger partial charge < -0.3 is 29.8 Å². The number of aromatic nitrogens is 6. The predicted octanol–water partition coefficient (Wildman–Crippen LogP) is 14.8. The van der Waals surface area contributed by atoms with Gasteiger partial charge in [-0.1, -0.05) is 73.6 Å². The zero-order valence-electron chi connectivity index (χ0n) is 61.2. The summed E-state index contributed by atoms with van der Waals surface area (Å²) in [5, 5.41) is 3.60. The Morgan fingerprint density at radius 3 is 0.767 bits per heavy atom. The summed E-state index contributed by atoms with van der Waals surface area (Å²) in [7, 11) is 11.3. The van der Waals surface area contributed by atoms with Crippen LogP contribution in [0.3, 0.4) is 0 Å². The second-order valence-corrected chi connectivity index (χ2v) is 32.4. The van der Waals surface area contributed by atoms with Crippen molar-refractivity contribution in [1.29, 1.82) is 0 Å². The Bertz CT molecular complexity index is 2160. The average molecular weight is 1200 g/mol. The maximum absolute atomic E-state index is 5.44. The SMILES string of the molecule is CCCCN(c1nc(N(C)CCC)nc(N(CCCC)C2CC(C)(C)N(C)C(C)(C)C2)n1)C1CC(C)(C)N(C)C(C)(C)C1.CCCCNc1nc(N(CCCC)C2CC(C)(C)N(C)C(C)(C)C2)nc(N(CCCC)C2CC(C)(C)N(C)C(C)(C)C2)n1. The van der Waals surface area contributed by atoms with E-state index in [2.05, 4.69) is 237 Å². The molecule has 0 bridgehead atoms. The number of hydrogen-bond acceptors (Lipinski definition) is 16. The van der Waals surface area contributed by atoms with Crippen LogP contribution in [-0.4, -0.2) is 192 Å². The van der Waals surface area contributed by atoms with Gasteiger partial charge in [-0.15, -0.1) is 0 Å². The molecule has 16 nitrogen and oxygen atoms in total. The van der Waals surface area contributed by atoms with E-state index in [1.807, 2.05) is 0 Å². The van der Waals surface area contributed by atoms with Gasteiger partial charge in [0.05, 0.1) is 0 Å². The van der Waals surface area contributed by atoms with E-state index in [1.54, 1.807) is 0 Å². The van der Waals surface area contributed by atoms with Gasteiger partial charge in [0.2, 0.25) is 35.7 Å². The minimum Gasteiger partial charge on any atom is -0.354 e. The third-order valence-corrected chi connectivity index (χ3v) is 21.9. The first-order chi connectivity index (χ1) is 39.9. The van der Waals surface area contributed by atoms with Crippen molar-refractivity contribution in [3.8, 4) is 0 Å². The Morgan fingerprint density at radius 1 is 0.326 bits per heavy atom. The molecule has 2 aromatic rings. The Labute approximate surface area is 530 Å². The van der Waals surface area contributed by atoms with Gasteiger partial charge in [-0.3, -0.25) is 19.6 Å². The third kappa shape index (κ3) is 18.0. The van der Waals surface area contributed by atoms with Crippen LogP contribution in [0.15, 0.2) is 0 Å². The van der Waals surface area contributed by atoms with Gasteiger partial charge >= 0.3 is 0 Å². The van der Waals surface area contributed by atoms with Crippen LogP contribution in [0.25, 0.3) is 0 Å². The summed E-state index contributed by atoms with van der Waals surface area (Å²) in [6, 6.07) is 1.49. The highest BCUT2D eigenvalue weighted by molar-refractivity contribution is 5.49. The van der Waals surface area contributed by atoms with Gasteiger partial charge in [0.15, 0.2) is 0 Å². The molecular formula is C70H136N16. The van der Waals surface area contributed by atoms with Crippen molar-refractivity contribution in [2.24, 2.45) is 0 Å². The topological polar surface area (TPSA) is 119 Å². The summed E-state index contributed by atoms with van der Waals surface area (Å²) < 4.78 is 0. The first-order valence-electron chi connectivity index (χ1n) is 34.9. The van der Waals surface area contributed by atoms with Crippen molar-refractivity contribution in [1.82, 2.24) is 49.5 Å². The number of nitrogens with one attached hydrogen (secondary N) is 1. The fraction of sp³-hybridized carbons (Fsp3) is 0.914. The molecule has 0 unspecified atom stereocenters. The molecule has 4 fully saturated rings. The van der Waals surface area contributed by atoms with Gasteiger partial charge in [-0.25, -0.2) is 0 Å². The van der Waals surface area contributed by atoms with E-state index in [0.717, 1.165) is 197 Å². The van der Waals surface area contributed by atoms with E-state index in [-0.39, 0.29) is 44.3 Å². The monoisotopic (exact) mass is 1200 g/mol. The lowest BCUT2D eigenvalue weighted by molar-refractivity contribution is -0.0135. The van der Waals surface area contributed by atoms with E-state index < -0.39 is 0 Å². The number of piperidine rings is 4. The van der Waals surface area contributed by atoms with Crippen LogP contribution in [0, 0.1) is 0 Å². The molecule has 496 valence electrons. The van der Waals surface area contributed by atoms with E-state index in [4.69, 9.17) is 29.9 Å². The summed E-state index contributed by atoms with van der Waals surface area (Å²) in [6.07, 6.45) is 21.2. The number of likely N-dealkylation sites (tertiary alicyclic amines) is 4. The van der Waals surface area contributed by atoms with Crippen LogP contribution in [0.2, 0.25) is 0 Å². The molecule has 0 spiro atoms. The van der Waals surface area contributed by atoms with Crippen molar-refractivity contribution in [2.75, 3.05) is 104 Å². The first kappa shape index (κ1) is 73.4. The third-order valence-electron chi connectivity index (χ3n) is 21.9. The summed E-state index contributed by atoms with van der Waals surface area (Å²) in [5.41, 5.74) is 0.724. The lowest BCUT2D eigenvalue weighted by Crippen LogP contribution is -2.63. The lowest BCUT2D eigenvalue weighted by atomic mass is 9.77. The molecule has 6 heterocycles. The maximum atomic E-state index is 5.44. The molecule has 4 saturated heterocycles. The van der Waals surface area contributed by atoms with Gasteiger partial charge in [-0.2, -0.15) is 29.9 Å². The number of nitrogens with zero attached hydrogens (tertiary/aromatic N) is 15. The zero-order valence-corrected chi connectivity index (χ0v) is 61.2. The van der Waals surface area contributed by atoms with E-state index in [1.165, 1.54) is 0 Å². The maximum Gasteiger partial charge on any atom is 0.232 e. The smallest absolute Gasteiger partial charge is 0.232 e. The van der Waals surface area contributed by atoms with Gasteiger partial charge in [0.1, 0.15) is 0 Å². The van der Waals surface area contributed by atoms with E-state index in [9.17, 15) is 0 Å². The largest absolute Gasteiger partial charge is 0.354 e. The van der Waals surface area contributed by atoms with Crippen molar-refractivity contribution in [2.45, 2.75) is 343 Å². The summed E-state index contributed by atoms with van der Waals surface area (Å²) in [5.74, 6) is 4.98. The molecule has 0 radical (unpaired) electrons. The molecular weight excluding hydrogens is 1060 g/mol. The molecule has 86 heavy (non-hydrogen) atoms. The highest BCUT2D eigenvalue weighted by Gasteiger charge is 2.50. The van der Waals surface area contributed by atoms with Crippen LogP contribution in [0.5, 0.6) is 0 Å². The molecule has 0 atom stereocenters. The molecule has 16 heteroatoms. The highest BCUT2D eigenvalue weighted by Crippen LogP contribution is 2.45. The Kier molecular flexibility index (Phi) is 25.4. The number of anilines is 6. The second-order valence-electron chi connectivity index (χ2n) is 32.4. The minimum atomic E-state index is 0.0903. The molecule has 4 aliphatic rings. The standard InChI is InChI=1S/2C35H68N8/c1-15-18-21-42(27-23-32(4,5)40(13)33(6,7)24-27)30-36-29(39(12)20-17-3)37-31(38-30)43(22-19-16-2)28-25-34(8,9)41(14)35(10,11)26-28;1-14-17-20-36-29-37-30(42(21-18-15-2)27-23-32(4,5)40(12)33(6,7)24-27)39-31(38-29)43(22-19-16-3)28-25-34(8,9)41(13)35(10,11)26-28/h27-28H,15-26H2,1-14H3;27-28H,14-26H2,1-13H3,(H,36,37,38,39). The second kappa shape index (κ2) is 29.7. The molecule has 0 amide bonds. The molecule has 4 aliphatic heterocycles. The van der Waals surface area contributed by atoms with Crippen LogP contribution in [0.4, 0.5) is 35.7 Å². The molecule has 0 aliphatic carbocycles. The van der Waals surface area contributed by atoms with Gasteiger partial charge in [0.25, 0.3) is 0 Å². The van der Waals surface area contributed by atoms with Crippen molar-refractivity contribution < 1.29 is 0 Å². The fourth-order valence-electron chi connectivity index (χ4n) is 15.5. The minimum absolute atomic E-state index is 0.0903. The molecule has 6 rings (SSSR count). The van der Waals surface area contributed by atoms with Crippen LogP contribution >= 0.6 is 0 Å². The number of rotatable bonds is 27. The van der Waals surface area contributed by atoms with Crippen LogP contribution < -0.4 is 29.8 Å². The van der Waals surface area contributed by atoms with Crippen molar-refractivity contribution in [3.63, 3.8) is 0 Å². The quantitative estimate of drug-likeness (QED) is 0.0854. The molecule has 2 aromatic heterocycles.